The molecule has 0 bridgehead atoms. The number of hydrogen-bond donors (Lipinski definition) is 2. The molecule has 0 saturated heterocycles. The van der Waals surface area contributed by atoms with Crippen LogP contribution >= 0.6 is 11.3 Å². The highest BCUT2D eigenvalue weighted by Gasteiger charge is 2.25. The molecule has 146 valence electrons. The van der Waals surface area contributed by atoms with Gasteiger partial charge in [0.05, 0.1) is 6.04 Å². The lowest BCUT2D eigenvalue weighted by molar-refractivity contribution is 0.249. The van der Waals surface area contributed by atoms with Crippen molar-refractivity contribution in [2.45, 2.75) is 52.5 Å². The van der Waals surface area contributed by atoms with Crippen molar-refractivity contribution in [3.05, 3.63) is 69.9 Å². The van der Waals surface area contributed by atoms with Crippen LogP contribution in [0, 0.1) is 13.8 Å². The van der Waals surface area contributed by atoms with E-state index < -0.39 is 0 Å². The number of aryl methyl sites for hydroxylation is 3. The Kier molecular flexibility index (Phi) is 5.27. The number of carbonyl (C=O) groups is 1. The van der Waals surface area contributed by atoms with Crippen molar-refractivity contribution >= 4 is 23.1 Å². The van der Waals surface area contributed by atoms with Gasteiger partial charge in [-0.15, -0.1) is 11.3 Å². The van der Waals surface area contributed by atoms with Gasteiger partial charge in [0.2, 0.25) is 0 Å². The Labute approximate surface area is 170 Å². The normalized spacial score (nSPS) is 14.4. The third-order valence-electron chi connectivity index (χ3n) is 5.58. The lowest BCUT2D eigenvalue weighted by Crippen LogP contribution is -2.32. The van der Waals surface area contributed by atoms with Gasteiger partial charge in [-0.2, -0.15) is 0 Å². The van der Waals surface area contributed by atoms with E-state index in [4.69, 9.17) is 0 Å². The molecule has 4 rings (SSSR count). The fraction of sp³-hybridized carbons (Fsp3) is 0.348. The highest BCUT2D eigenvalue weighted by Crippen LogP contribution is 2.40. The van der Waals surface area contributed by atoms with E-state index in [1.54, 1.807) is 0 Å². The summed E-state index contributed by atoms with van der Waals surface area (Å²) in [6.07, 6.45) is 8.91. The third-order valence-corrected chi connectivity index (χ3v) is 6.90. The van der Waals surface area contributed by atoms with Crippen LogP contribution in [0.1, 0.15) is 52.9 Å². The number of rotatable bonds is 4. The summed E-state index contributed by atoms with van der Waals surface area (Å²) in [6.45, 7) is 6.22. The van der Waals surface area contributed by atoms with Crippen LogP contribution in [0.5, 0.6) is 0 Å². The number of fused-ring (bicyclic) bond motifs is 1. The van der Waals surface area contributed by atoms with E-state index >= 15 is 0 Å². The first-order chi connectivity index (χ1) is 13.5. The zero-order valence-corrected chi connectivity index (χ0v) is 17.5. The smallest absolute Gasteiger partial charge is 0.319 e. The minimum absolute atomic E-state index is 0.0537. The number of nitrogens with zero attached hydrogens (tertiary/aromatic N) is 1. The topological polar surface area (TPSA) is 46.1 Å². The standard InChI is InChI=1S/C23H27N3OS/c1-15-10-11-18(14-16(15)2)25-23(27)24-17(3)21-19-8-4-5-9-20(19)28-22(21)26-12-6-7-13-26/h6-7,10-14,17H,4-5,8-9H2,1-3H3,(H2,24,25,27)/t17-/m0/s1. The van der Waals surface area contributed by atoms with Crippen molar-refractivity contribution in [2.75, 3.05) is 5.32 Å². The molecule has 1 aliphatic carbocycles. The molecule has 0 spiro atoms. The van der Waals surface area contributed by atoms with E-state index in [2.05, 4.69) is 48.4 Å². The van der Waals surface area contributed by atoms with Crippen LogP contribution in [-0.4, -0.2) is 10.6 Å². The highest BCUT2D eigenvalue weighted by molar-refractivity contribution is 7.15. The van der Waals surface area contributed by atoms with Crippen molar-refractivity contribution in [3.8, 4) is 5.00 Å². The van der Waals surface area contributed by atoms with Crippen LogP contribution in [0.2, 0.25) is 0 Å². The largest absolute Gasteiger partial charge is 0.331 e. The number of benzene rings is 1. The molecule has 1 aliphatic rings. The van der Waals surface area contributed by atoms with E-state index in [1.165, 1.54) is 45.0 Å². The molecular weight excluding hydrogens is 366 g/mol. The molecule has 2 amide bonds. The van der Waals surface area contributed by atoms with Crippen LogP contribution in [0.4, 0.5) is 10.5 Å². The number of hydrogen-bond acceptors (Lipinski definition) is 2. The Morgan fingerprint density at radius 1 is 1.11 bits per heavy atom. The first-order valence-corrected chi connectivity index (χ1v) is 10.8. The second-order valence-electron chi connectivity index (χ2n) is 7.64. The quantitative estimate of drug-likeness (QED) is 0.568. The van der Waals surface area contributed by atoms with Crippen LogP contribution < -0.4 is 10.6 Å². The lowest BCUT2D eigenvalue weighted by Gasteiger charge is -2.20. The van der Waals surface area contributed by atoms with Crippen molar-refractivity contribution in [3.63, 3.8) is 0 Å². The molecule has 0 unspecified atom stereocenters. The van der Waals surface area contributed by atoms with Gasteiger partial charge >= 0.3 is 6.03 Å². The monoisotopic (exact) mass is 393 g/mol. The van der Waals surface area contributed by atoms with Gasteiger partial charge in [0, 0.05) is 28.5 Å². The Bertz CT molecular complexity index is 988. The summed E-state index contributed by atoms with van der Waals surface area (Å²) in [4.78, 5) is 14.1. The molecule has 2 aromatic heterocycles. The van der Waals surface area contributed by atoms with Crippen LogP contribution in [-0.2, 0) is 12.8 Å². The van der Waals surface area contributed by atoms with E-state index in [1.807, 2.05) is 41.7 Å². The molecule has 0 fully saturated rings. The summed E-state index contributed by atoms with van der Waals surface area (Å²) in [5, 5.41) is 7.38. The molecule has 4 nitrogen and oxygen atoms in total. The molecule has 0 radical (unpaired) electrons. The van der Waals surface area contributed by atoms with Gasteiger partial charge in [-0.1, -0.05) is 6.07 Å². The SMILES string of the molecule is Cc1ccc(NC(=O)N[C@@H](C)c2c(-n3cccc3)sc3c2CCCC3)cc1C. The molecule has 2 N–H and O–H groups in total. The zero-order chi connectivity index (χ0) is 19.7. The number of anilines is 1. The number of urea groups is 1. The fourth-order valence-corrected chi connectivity index (χ4v) is 5.39. The minimum Gasteiger partial charge on any atom is -0.331 e. The van der Waals surface area contributed by atoms with Crippen LogP contribution in [0.3, 0.4) is 0 Å². The first-order valence-electron chi connectivity index (χ1n) is 9.95. The Hall–Kier alpha value is -2.53. The first kappa shape index (κ1) is 18.8. The summed E-state index contributed by atoms with van der Waals surface area (Å²) < 4.78 is 2.18. The Morgan fingerprint density at radius 2 is 1.86 bits per heavy atom. The van der Waals surface area contributed by atoms with Gasteiger partial charge in [0.25, 0.3) is 0 Å². The molecule has 0 saturated carbocycles. The van der Waals surface area contributed by atoms with E-state index in [0.717, 1.165) is 18.5 Å². The van der Waals surface area contributed by atoms with Crippen molar-refractivity contribution in [1.82, 2.24) is 9.88 Å². The molecule has 5 heteroatoms. The summed E-state index contributed by atoms with van der Waals surface area (Å²) in [7, 11) is 0. The van der Waals surface area contributed by atoms with Gasteiger partial charge in [0.15, 0.2) is 0 Å². The van der Waals surface area contributed by atoms with Crippen LogP contribution in [0.15, 0.2) is 42.7 Å². The number of nitrogens with one attached hydrogen (secondary N) is 2. The minimum atomic E-state index is -0.162. The van der Waals surface area contributed by atoms with Gasteiger partial charge in [-0.25, -0.2) is 4.79 Å². The Balaban J connectivity index is 1.57. The molecule has 28 heavy (non-hydrogen) atoms. The van der Waals surface area contributed by atoms with Crippen molar-refractivity contribution < 1.29 is 4.79 Å². The van der Waals surface area contributed by atoms with E-state index in [-0.39, 0.29) is 12.1 Å². The number of aromatic nitrogens is 1. The highest BCUT2D eigenvalue weighted by atomic mass is 32.1. The number of amides is 2. The van der Waals surface area contributed by atoms with E-state index in [0.29, 0.717) is 0 Å². The molecule has 2 heterocycles. The Morgan fingerprint density at radius 3 is 2.61 bits per heavy atom. The molecule has 1 atom stereocenters. The van der Waals surface area contributed by atoms with Crippen molar-refractivity contribution in [2.24, 2.45) is 0 Å². The maximum Gasteiger partial charge on any atom is 0.319 e. The lowest BCUT2D eigenvalue weighted by atomic mass is 9.93. The summed E-state index contributed by atoms with van der Waals surface area (Å²) in [6, 6.07) is 9.88. The van der Waals surface area contributed by atoms with Gasteiger partial charge in [-0.3, -0.25) is 0 Å². The second kappa shape index (κ2) is 7.84. The summed E-state index contributed by atoms with van der Waals surface area (Å²) >= 11 is 1.87. The van der Waals surface area contributed by atoms with E-state index in [9.17, 15) is 4.79 Å². The number of carbonyl (C=O) groups excluding carboxylic acids is 1. The van der Waals surface area contributed by atoms with Gasteiger partial charge < -0.3 is 15.2 Å². The third kappa shape index (κ3) is 3.72. The summed E-state index contributed by atoms with van der Waals surface area (Å²) in [5.74, 6) is 0. The number of thiophene rings is 1. The fourth-order valence-electron chi connectivity index (χ4n) is 3.94. The predicted molar refractivity (Wildman–Crippen MR) is 117 cm³/mol. The predicted octanol–water partition coefficient (Wildman–Crippen LogP) is 5.92. The maximum absolute atomic E-state index is 12.7. The zero-order valence-electron chi connectivity index (χ0n) is 16.7. The van der Waals surface area contributed by atoms with Crippen molar-refractivity contribution in [1.29, 1.82) is 0 Å². The molecule has 3 aromatic rings. The molecular formula is C23H27N3OS. The average molecular weight is 394 g/mol. The average Bonchev–Trinajstić information content (AvgIpc) is 3.31. The maximum atomic E-state index is 12.7. The molecule has 0 aliphatic heterocycles. The van der Waals surface area contributed by atoms with Gasteiger partial charge in [0.1, 0.15) is 5.00 Å². The van der Waals surface area contributed by atoms with Crippen LogP contribution in [0.25, 0.3) is 5.00 Å². The second-order valence-corrected chi connectivity index (χ2v) is 8.72. The summed E-state index contributed by atoms with van der Waals surface area (Å²) in [5.41, 5.74) is 5.93. The van der Waals surface area contributed by atoms with Gasteiger partial charge in [-0.05, 0) is 87.4 Å². The molecule has 1 aromatic carbocycles.